The third-order valence-corrected chi connectivity index (χ3v) is 9.35. The summed E-state index contributed by atoms with van der Waals surface area (Å²) in [6.45, 7) is -1.07. The lowest BCUT2D eigenvalue weighted by Gasteiger charge is -2.08. The van der Waals surface area contributed by atoms with E-state index in [9.17, 15) is 37.2 Å². The number of fused-ring (bicyclic) bond motifs is 2. The molecule has 0 spiro atoms. The molecule has 45 heavy (non-hydrogen) atoms. The quantitative estimate of drug-likeness (QED) is 0.239. The van der Waals surface area contributed by atoms with Crippen molar-refractivity contribution in [3.05, 3.63) is 119 Å². The molecule has 0 amide bonds. The van der Waals surface area contributed by atoms with Gasteiger partial charge in [0.25, 0.3) is 0 Å². The second kappa shape index (κ2) is 11.5. The van der Waals surface area contributed by atoms with E-state index in [1.807, 2.05) is 0 Å². The van der Waals surface area contributed by atoms with E-state index in [1.54, 1.807) is 60.7 Å². The van der Waals surface area contributed by atoms with E-state index in [1.165, 1.54) is 0 Å². The highest BCUT2D eigenvalue weighted by Crippen LogP contribution is 2.34. The molecule has 10 nitrogen and oxygen atoms in total. The summed E-state index contributed by atoms with van der Waals surface area (Å²) in [7, 11) is -4.38. The number of ether oxygens (including phenoxy) is 2. The Hall–Kier alpha value is -5.55. The predicted molar refractivity (Wildman–Crippen MR) is 157 cm³/mol. The molecule has 2 unspecified atom stereocenters. The van der Waals surface area contributed by atoms with Gasteiger partial charge in [0.15, 0.2) is 34.7 Å². The molecule has 4 aromatic rings. The lowest BCUT2D eigenvalue weighted by Crippen LogP contribution is -2.30. The Morgan fingerprint density at radius 2 is 0.867 bits per heavy atom. The van der Waals surface area contributed by atoms with Crippen molar-refractivity contribution in [2.24, 2.45) is 11.8 Å². The van der Waals surface area contributed by atoms with Gasteiger partial charge in [0.1, 0.15) is 36.5 Å². The number of rotatable bonds is 10. The molecule has 2 aliphatic rings. The summed E-state index contributed by atoms with van der Waals surface area (Å²) in [6, 6.07) is 23.3. The lowest BCUT2D eigenvalue weighted by atomic mass is 9.99. The molecular weight excluding hydrogens is 600 g/mol. The van der Waals surface area contributed by atoms with Crippen LogP contribution in [-0.4, -0.2) is 56.3 Å². The summed E-state index contributed by atoms with van der Waals surface area (Å²) in [4.78, 5) is 77.0. The maximum absolute atomic E-state index is 13.6. The van der Waals surface area contributed by atoms with Crippen LogP contribution in [0.25, 0.3) is 0 Å². The Bertz CT molecular complexity index is 1890. The van der Waals surface area contributed by atoms with Crippen LogP contribution in [0.3, 0.4) is 0 Å². The SMILES string of the molecule is O=C(COc1ccccc1)C1C(=O)c2ccc(S(=O)(=O)c3ccc4c(c3)C(=O)C(C(=O)COc3ccccc3)C4=O)cc2C1=O. The topological polar surface area (TPSA) is 155 Å². The number of carbonyl (C=O) groups excluding carboxylic acids is 6. The number of hydrogen-bond donors (Lipinski definition) is 0. The van der Waals surface area contributed by atoms with Crippen molar-refractivity contribution in [3.8, 4) is 11.5 Å². The van der Waals surface area contributed by atoms with Crippen LogP contribution in [-0.2, 0) is 19.4 Å². The average Bonchev–Trinajstić information content (AvgIpc) is 3.46. The Kier molecular flexibility index (Phi) is 7.55. The van der Waals surface area contributed by atoms with Gasteiger partial charge < -0.3 is 9.47 Å². The standard InChI is InChI=1S/C34H22O10S/c35-27(17-43-19-7-3-1-4-8-19)29-31(37)23-13-11-21(15-25(23)33(29)39)45(41,42)22-12-14-24-26(16-22)34(40)30(32(24)38)28(36)18-44-20-9-5-2-6-10-20/h1-16,29-30H,17-18H2. The number of Topliss-reactive ketones (excluding diaryl/α,β-unsaturated/α-hetero) is 6. The summed E-state index contributed by atoms with van der Waals surface area (Å²) in [6.07, 6.45) is 0. The summed E-state index contributed by atoms with van der Waals surface area (Å²) >= 11 is 0. The molecule has 0 bridgehead atoms. The van der Waals surface area contributed by atoms with E-state index in [0.717, 1.165) is 36.4 Å². The lowest BCUT2D eigenvalue weighted by molar-refractivity contribution is -0.123. The highest BCUT2D eigenvalue weighted by atomic mass is 32.2. The van der Waals surface area contributed by atoms with Gasteiger partial charge in [-0.25, -0.2) is 8.42 Å². The zero-order valence-corrected chi connectivity index (χ0v) is 24.1. The van der Waals surface area contributed by atoms with Gasteiger partial charge in [0, 0.05) is 22.3 Å². The second-order valence-corrected chi connectivity index (χ2v) is 12.3. The van der Waals surface area contributed by atoms with Crippen LogP contribution in [0.15, 0.2) is 107 Å². The molecule has 0 radical (unpaired) electrons. The number of benzene rings is 4. The molecule has 2 aliphatic carbocycles. The van der Waals surface area contributed by atoms with Crippen molar-refractivity contribution in [3.63, 3.8) is 0 Å². The molecule has 0 aliphatic heterocycles. The summed E-state index contributed by atoms with van der Waals surface area (Å²) in [5.41, 5.74) is -0.636. The van der Waals surface area contributed by atoms with Crippen LogP contribution >= 0.6 is 0 Å². The third kappa shape index (κ3) is 5.27. The van der Waals surface area contributed by atoms with Crippen molar-refractivity contribution in [1.82, 2.24) is 0 Å². The summed E-state index contributed by atoms with van der Waals surface area (Å²) in [5, 5.41) is 0. The summed E-state index contributed by atoms with van der Waals surface area (Å²) in [5.74, 6) is -7.31. The summed E-state index contributed by atoms with van der Waals surface area (Å²) < 4.78 is 38.0. The van der Waals surface area contributed by atoms with Crippen molar-refractivity contribution in [1.29, 1.82) is 0 Å². The van der Waals surface area contributed by atoms with E-state index in [-0.39, 0.29) is 32.0 Å². The van der Waals surface area contributed by atoms with Crippen LogP contribution in [0, 0.1) is 11.8 Å². The van der Waals surface area contributed by atoms with E-state index in [2.05, 4.69) is 0 Å². The zero-order valence-electron chi connectivity index (χ0n) is 23.3. The van der Waals surface area contributed by atoms with Crippen LogP contribution in [0.4, 0.5) is 0 Å². The Labute approximate surface area is 256 Å². The minimum Gasteiger partial charge on any atom is -0.486 e. The van der Waals surface area contributed by atoms with Gasteiger partial charge in [-0.15, -0.1) is 0 Å². The number of sulfone groups is 1. The normalized spacial score (nSPS) is 17.2. The van der Waals surface area contributed by atoms with E-state index < -0.39 is 69.6 Å². The van der Waals surface area contributed by atoms with Gasteiger partial charge in [-0.3, -0.25) is 28.8 Å². The number of carbonyl (C=O) groups is 6. The highest BCUT2D eigenvalue weighted by molar-refractivity contribution is 7.91. The van der Waals surface area contributed by atoms with Crippen LogP contribution in [0.5, 0.6) is 11.5 Å². The highest BCUT2D eigenvalue weighted by Gasteiger charge is 2.45. The molecular formula is C34H22O10S. The third-order valence-electron chi connectivity index (χ3n) is 7.61. The van der Waals surface area contributed by atoms with Crippen molar-refractivity contribution >= 4 is 44.5 Å². The Morgan fingerprint density at radius 1 is 0.511 bits per heavy atom. The predicted octanol–water partition coefficient (Wildman–Crippen LogP) is 3.81. The number of hydrogen-bond acceptors (Lipinski definition) is 10. The van der Waals surface area contributed by atoms with Gasteiger partial charge in [-0.2, -0.15) is 0 Å². The van der Waals surface area contributed by atoms with Crippen LogP contribution < -0.4 is 9.47 Å². The molecule has 0 heterocycles. The number of ketones is 6. The average molecular weight is 623 g/mol. The second-order valence-electron chi connectivity index (χ2n) is 10.4. The van der Waals surface area contributed by atoms with Gasteiger partial charge in [-0.1, -0.05) is 36.4 Å². The molecule has 0 saturated carbocycles. The van der Waals surface area contributed by atoms with E-state index in [4.69, 9.17) is 9.47 Å². The fourth-order valence-electron chi connectivity index (χ4n) is 5.31. The maximum atomic E-state index is 13.6. The van der Waals surface area contributed by atoms with Gasteiger partial charge in [0.2, 0.25) is 9.84 Å². The zero-order chi connectivity index (χ0) is 31.9. The Morgan fingerprint density at radius 3 is 1.24 bits per heavy atom. The first-order chi connectivity index (χ1) is 21.6. The van der Waals surface area contributed by atoms with E-state index >= 15 is 0 Å². The molecule has 2 atom stereocenters. The van der Waals surface area contributed by atoms with Gasteiger partial charge in [-0.05, 0) is 60.7 Å². The largest absolute Gasteiger partial charge is 0.486 e. The molecule has 0 N–H and O–H groups in total. The van der Waals surface area contributed by atoms with Crippen molar-refractivity contribution < 1.29 is 46.7 Å². The fraction of sp³-hybridized carbons (Fsp3) is 0.118. The van der Waals surface area contributed by atoms with Gasteiger partial charge >= 0.3 is 0 Å². The van der Waals surface area contributed by atoms with Crippen LogP contribution in [0.1, 0.15) is 41.4 Å². The molecule has 0 aromatic heterocycles. The molecule has 6 rings (SSSR count). The van der Waals surface area contributed by atoms with Crippen LogP contribution in [0.2, 0.25) is 0 Å². The minimum atomic E-state index is -4.38. The van der Waals surface area contributed by atoms with E-state index in [0.29, 0.717) is 11.5 Å². The minimum absolute atomic E-state index is 0.0918. The van der Waals surface area contributed by atoms with Gasteiger partial charge in [0.05, 0.1) is 9.79 Å². The molecule has 224 valence electrons. The molecule has 0 saturated heterocycles. The number of para-hydroxylation sites is 2. The smallest absolute Gasteiger partial charge is 0.206 e. The van der Waals surface area contributed by atoms with Crippen molar-refractivity contribution in [2.75, 3.05) is 13.2 Å². The molecule has 0 fully saturated rings. The first-order valence-corrected chi connectivity index (χ1v) is 15.2. The Balaban J connectivity index is 1.21. The van der Waals surface area contributed by atoms with Crippen molar-refractivity contribution in [2.45, 2.75) is 9.79 Å². The first kappa shape index (κ1) is 29.5. The molecule has 11 heteroatoms. The monoisotopic (exact) mass is 622 g/mol. The maximum Gasteiger partial charge on any atom is 0.206 e. The fourth-order valence-corrected chi connectivity index (χ4v) is 6.62. The first-order valence-electron chi connectivity index (χ1n) is 13.7. The molecule has 4 aromatic carbocycles.